The number of Topliss-reactive ketones (excluding diaryl/α,β-unsaturated/α-hetero) is 1. The molecule has 1 aliphatic rings. The van der Waals surface area contributed by atoms with Crippen LogP contribution in [0, 0.1) is 6.92 Å². The zero-order valence-electron chi connectivity index (χ0n) is 8.11. The molecule has 0 heterocycles. The average molecular weight is 336 g/mol. The van der Waals surface area contributed by atoms with Crippen molar-refractivity contribution in [1.29, 1.82) is 0 Å². The van der Waals surface area contributed by atoms with E-state index in [1.54, 1.807) is 0 Å². The summed E-state index contributed by atoms with van der Waals surface area (Å²) in [4.78, 5) is 11.8. The summed E-state index contributed by atoms with van der Waals surface area (Å²) < 4.78 is 12.6. The molecule has 0 bridgehead atoms. The lowest BCUT2D eigenvalue weighted by molar-refractivity contribution is 0.0822. The van der Waals surface area contributed by atoms with Gasteiger partial charge in [0.05, 0.1) is 0 Å². The number of carbonyl (C=O) groups excluding carboxylic acids is 1. The fourth-order valence-electron chi connectivity index (χ4n) is 1.85. The number of halogens is 3. The summed E-state index contributed by atoms with van der Waals surface area (Å²) in [6.45, 7) is 1.96. The van der Waals surface area contributed by atoms with Gasteiger partial charge >= 0.3 is 0 Å². The lowest BCUT2D eigenvalue weighted by Crippen LogP contribution is -2.33. The molecule has 0 saturated carbocycles. The highest BCUT2D eigenvalue weighted by atomic mass is 79.9. The van der Waals surface area contributed by atoms with Gasteiger partial charge in [-0.05, 0) is 46.5 Å². The van der Waals surface area contributed by atoms with Gasteiger partial charge in [0.2, 0.25) is 10.4 Å². The highest BCUT2D eigenvalue weighted by Crippen LogP contribution is 2.39. The van der Waals surface area contributed by atoms with Gasteiger partial charge in [-0.1, -0.05) is 22.0 Å². The number of hydrogen-bond acceptors (Lipinski definition) is 1. The molecule has 0 aromatic heterocycles. The fraction of sp³-hybridized carbons (Fsp3) is 0.364. The highest BCUT2D eigenvalue weighted by Gasteiger charge is 2.41. The van der Waals surface area contributed by atoms with Gasteiger partial charge in [-0.25, -0.2) is 4.39 Å². The zero-order chi connectivity index (χ0) is 11.2. The van der Waals surface area contributed by atoms with E-state index >= 15 is 0 Å². The smallest absolute Gasteiger partial charge is 0.227 e. The molecule has 0 aliphatic heterocycles. The van der Waals surface area contributed by atoms with E-state index in [0.29, 0.717) is 16.5 Å². The van der Waals surface area contributed by atoms with Gasteiger partial charge in [-0.2, -0.15) is 0 Å². The Morgan fingerprint density at radius 3 is 2.80 bits per heavy atom. The molecule has 1 atom stereocenters. The molecular formula is C11H9Br2FO. The second-order valence-corrected chi connectivity index (χ2v) is 5.93. The number of carbonyl (C=O) groups is 1. The van der Waals surface area contributed by atoms with E-state index < -0.39 is 10.4 Å². The van der Waals surface area contributed by atoms with Crippen LogP contribution in [-0.4, -0.2) is 10.4 Å². The lowest BCUT2D eigenvalue weighted by Gasteiger charge is -2.25. The highest BCUT2D eigenvalue weighted by molar-refractivity contribution is 9.10. The Hall–Kier alpha value is -0.220. The molecule has 1 aromatic rings. The van der Waals surface area contributed by atoms with E-state index in [2.05, 4.69) is 31.9 Å². The minimum absolute atomic E-state index is 0.203. The van der Waals surface area contributed by atoms with E-state index in [9.17, 15) is 9.18 Å². The molecular weight excluding hydrogens is 327 g/mol. The van der Waals surface area contributed by atoms with Crippen molar-refractivity contribution in [3.63, 3.8) is 0 Å². The maximum absolute atomic E-state index is 13.8. The van der Waals surface area contributed by atoms with E-state index in [1.165, 1.54) is 0 Å². The number of ketones is 1. The molecule has 2 rings (SSSR count). The van der Waals surface area contributed by atoms with E-state index in [-0.39, 0.29) is 6.42 Å². The van der Waals surface area contributed by atoms with Crippen LogP contribution < -0.4 is 0 Å². The number of benzene rings is 1. The van der Waals surface area contributed by atoms with Crippen molar-refractivity contribution in [1.82, 2.24) is 0 Å². The molecule has 15 heavy (non-hydrogen) atoms. The first kappa shape index (κ1) is 11.3. The third-order valence-corrected chi connectivity index (χ3v) is 3.97. The van der Waals surface area contributed by atoms with Crippen LogP contribution in [0.3, 0.4) is 0 Å². The van der Waals surface area contributed by atoms with Crippen molar-refractivity contribution in [3.05, 3.63) is 33.3 Å². The fourth-order valence-corrected chi connectivity index (χ4v) is 3.05. The Bertz CT molecular complexity index is 440. The third-order valence-electron chi connectivity index (χ3n) is 2.58. The number of rotatable bonds is 0. The largest absolute Gasteiger partial charge is 0.289 e. The molecule has 0 radical (unpaired) electrons. The van der Waals surface area contributed by atoms with Crippen molar-refractivity contribution in [2.75, 3.05) is 0 Å². The topological polar surface area (TPSA) is 17.1 Å². The first-order chi connectivity index (χ1) is 6.92. The first-order valence-corrected chi connectivity index (χ1v) is 6.22. The monoisotopic (exact) mass is 334 g/mol. The van der Waals surface area contributed by atoms with Gasteiger partial charge in [-0.3, -0.25) is 4.79 Å². The summed E-state index contributed by atoms with van der Waals surface area (Å²) in [5.74, 6) is -0.476. The predicted octanol–water partition coefficient (Wildman–Crippen LogP) is 3.95. The van der Waals surface area contributed by atoms with Crippen molar-refractivity contribution in [2.24, 2.45) is 0 Å². The summed E-state index contributed by atoms with van der Waals surface area (Å²) in [5, 5.41) is 0. The Morgan fingerprint density at radius 1 is 1.47 bits per heavy atom. The summed E-state index contributed by atoms with van der Waals surface area (Å²) >= 11 is 6.16. The van der Waals surface area contributed by atoms with Crippen LogP contribution in [0.2, 0.25) is 0 Å². The lowest BCUT2D eigenvalue weighted by atomic mass is 9.88. The molecule has 1 nitrogen and oxygen atoms in total. The van der Waals surface area contributed by atoms with Crippen molar-refractivity contribution in [2.45, 2.75) is 24.3 Å². The maximum atomic E-state index is 13.8. The van der Waals surface area contributed by atoms with E-state index in [1.807, 2.05) is 19.1 Å². The molecule has 80 valence electrons. The summed E-state index contributed by atoms with van der Waals surface area (Å²) in [7, 11) is 0. The van der Waals surface area contributed by atoms with Crippen LogP contribution >= 0.6 is 31.9 Å². The maximum Gasteiger partial charge on any atom is 0.227 e. The molecule has 0 amide bonds. The van der Waals surface area contributed by atoms with Crippen molar-refractivity contribution < 1.29 is 9.18 Å². The Labute approximate surface area is 104 Å². The van der Waals surface area contributed by atoms with Crippen LogP contribution in [0.1, 0.15) is 27.9 Å². The third kappa shape index (κ3) is 1.89. The number of hydrogen-bond donors (Lipinski definition) is 0. The molecule has 1 unspecified atom stereocenters. The van der Waals surface area contributed by atoms with Crippen LogP contribution in [0.25, 0.3) is 0 Å². The predicted molar refractivity (Wildman–Crippen MR) is 64.3 cm³/mol. The Morgan fingerprint density at radius 2 is 2.13 bits per heavy atom. The number of alkyl halides is 2. The molecule has 0 spiro atoms. The molecule has 1 aromatic carbocycles. The Balaban J connectivity index is 2.62. The van der Waals surface area contributed by atoms with Crippen LogP contribution in [-0.2, 0) is 6.42 Å². The second-order valence-electron chi connectivity index (χ2n) is 3.81. The number of fused-ring (bicyclic) bond motifs is 1. The Kier molecular flexibility index (Phi) is 2.75. The van der Waals surface area contributed by atoms with Crippen LogP contribution in [0.5, 0.6) is 0 Å². The minimum atomic E-state index is -1.89. The second kappa shape index (κ2) is 3.67. The number of aryl methyl sites for hydroxylation is 2. The van der Waals surface area contributed by atoms with Gasteiger partial charge in [-0.15, -0.1) is 0 Å². The summed E-state index contributed by atoms with van der Waals surface area (Å²) in [5.41, 5.74) is 2.49. The SMILES string of the molecule is Cc1cc(Br)c2c(c1)CCC(F)(Br)C2=O. The molecule has 0 saturated heterocycles. The zero-order valence-corrected chi connectivity index (χ0v) is 11.3. The van der Waals surface area contributed by atoms with Gasteiger partial charge in [0.25, 0.3) is 0 Å². The first-order valence-electron chi connectivity index (χ1n) is 4.63. The van der Waals surface area contributed by atoms with Gasteiger partial charge in [0, 0.05) is 16.5 Å². The summed E-state index contributed by atoms with van der Waals surface area (Å²) in [6.07, 6.45) is 0.790. The average Bonchev–Trinajstić information content (AvgIpc) is 2.11. The normalized spacial score (nSPS) is 25.2. The van der Waals surface area contributed by atoms with E-state index in [4.69, 9.17) is 0 Å². The summed E-state index contributed by atoms with van der Waals surface area (Å²) in [6, 6.07) is 3.78. The standard InChI is InChI=1S/C11H9Br2FO/c1-6-4-7-2-3-11(13,14)10(15)9(7)8(12)5-6/h4-5H,2-3H2,1H3. The molecule has 4 heteroatoms. The molecule has 1 aliphatic carbocycles. The van der Waals surface area contributed by atoms with Crippen LogP contribution in [0.15, 0.2) is 16.6 Å². The van der Waals surface area contributed by atoms with Gasteiger partial charge < -0.3 is 0 Å². The minimum Gasteiger partial charge on any atom is -0.289 e. The van der Waals surface area contributed by atoms with Crippen molar-refractivity contribution >= 4 is 37.6 Å². The molecule has 0 N–H and O–H groups in total. The quantitative estimate of drug-likeness (QED) is 0.656. The van der Waals surface area contributed by atoms with E-state index in [0.717, 1.165) is 11.1 Å². The van der Waals surface area contributed by atoms with Gasteiger partial charge in [0.1, 0.15) is 0 Å². The molecule has 0 fully saturated rings. The van der Waals surface area contributed by atoms with Crippen LogP contribution in [0.4, 0.5) is 4.39 Å². The van der Waals surface area contributed by atoms with Gasteiger partial charge in [0.15, 0.2) is 0 Å². The van der Waals surface area contributed by atoms with Crippen molar-refractivity contribution in [3.8, 4) is 0 Å².